The second-order valence-corrected chi connectivity index (χ2v) is 21.7. The molecule has 3 N–H and O–H groups in total. The molecule has 15 heteroatoms. The third-order valence-corrected chi connectivity index (χ3v) is 16.1. The van der Waals surface area contributed by atoms with Crippen molar-refractivity contribution in [2.45, 2.75) is 193 Å². The molecule has 0 aromatic rings. The maximum absolute atomic E-state index is 14.5. The smallest absolute Gasteiger partial charge is 0.329 e. The molecule has 4 aliphatic heterocycles. The Bertz CT molecular complexity index is 1910. The maximum Gasteiger partial charge on any atom is 0.329 e. The Morgan fingerprint density at radius 3 is 2.27 bits per heavy atom. The van der Waals surface area contributed by atoms with E-state index in [0.29, 0.717) is 89.1 Å². The van der Waals surface area contributed by atoms with Gasteiger partial charge in [-0.05, 0) is 126 Å². The molecule has 4 heterocycles. The van der Waals surface area contributed by atoms with E-state index in [1.165, 1.54) is 12.0 Å². The molecule has 0 radical (unpaired) electrons. The van der Waals surface area contributed by atoms with Gasteiger partial charge in [-0.15, -0.1) is 0 Å². The van der Waals surface area contributed by atoms with Gasteiger partial charge in [-0.3, -0.25) is 19.2 Å². The number of amides is 1. The number of ketones is 3. The maximum atomic E-state index is 14.5. The summed E-state index contributed by atoms with van der Waals surface area (Å²) in [5.41, 5.74) is 1.30. The van der Waals surface area contributed by atoms with Crippen molar-refractivity contribution < 1.29 is 67.7 Å². The number of Topliss-reactive ketones (excluding diaryl/α,β-unsaturated/α-hetero) is 3. The molecule has 0 unspecified atom stereocenters. The van der Waals surface area contributed by atoms with Crippen molar-refractivity contribution in [3.63, 3.8) is 0 Å². The largest absolute Gasteiger partial charge is 0.460 e. The van der Waals surface area contributed by atoms with Crippen molar-refractivity contribution in [3.05, 3.63) is 47.6 Å². The number of piperidine rings is 1. The van der Waals surface area contributed by atoms with E-state index in [1.807, 2.05) is 58.1 Å². The first-order chi connectivity index (χ1) is 33.8. The number of cyclic esters (lactones) is 1. The van der Waals surface area contributed by atoms with Crippen LogP contribution in [0.25, 0.3) is 0 Å². The minimum Gasteiger partial charge on any atom is -0.460 e. The molecule has 0 spiro atoms. The minimum atomic E-state index is -2.45. The number of ether oxygens (including phenoxy) is 6. The molecule has 0 aromatic heterocycles. The summed E-state index contributed by atoms with van der Waals surface area (Å²) < 4.78 is 36.0. The number of carbonyl (C=O) groups excluding carboxylic acids is 5. The first kappa shape index (κ1) is 58.5. The Hall–Kier alpha value is -3.41. The zero-order valence-corrected chi connectivity index (χ0v) is 44.1. The Morgan fingerprint density at radius 2 is 1.56 bits per heavy atom. The van der Waals surface area contributed by atoms with Gasteiger partial charge in [0.2, 0.25) is 5.79 Å². The number of rotatable bonds is 8. The molecule has 4 fully saturated rings. The van der Waals surface area contributed by atoms with E-state index in [-0.39, 0.29) is 54.8 Å². The van der Waals surface area contributed by atoms with E-state index in [9.17, 15) is 39.3 Å². The van der Waals surface area contributed by atoms with Crippen LogP contribution in [0.4, 0.5) is 0 Å². The average Bonchev–Trinajstić information content (AvgIpc) is 3.35. The Morgan fingerprint density at radius 1 is 0.831 bits per heavy atom. The normalized spacial score (nSPS) is 39.6. The Kier molecular flexibility index (Phi) is 22.9. The summed E-state index contributed by atoms with van der Waals surface area (Å²) in [5, 5.41) is 34.2. The number of hydrogen-bond acceptors (Lipinski definition) is 14. The van der Waals surface area contributed by atoms with Crippen LogP contribution in [0.15, 0.2) is 47.6 Å². The minimum absolute atomic E-state index is 0.00897. The van der Waals surface area contributed by atoms with Crippen molar-refractivity contribution in [3.8, 4) is 0 Å². The second kappa shape index (κ2) is 27.8. The van der Waals surface area contributed by atoms with Gasteiger partial charge in [0.1, 0.15) is 30.1 Å². The van der Waals surface area contributed by atoms with Crippen LogP contribution in [0, 0.1) is 41.4 Å². The summed E-state index contributed by atoms with van der Waals surface area (Å²) in [5.74, 6) is -7.70. The average molecular weight is 998 g/mol. The molecule has 1 saturated carbocycles. The molecular formula is C56H87NO14. The van der Waals surface area contributed by atoms with Gasteiger partial charge in [-0.2, -0.15) is 0 Å². The summed E-state index contributed by atoms with van der Waals surface area (Å²) in [4.78, 5) is 72.6. The predicted octanol–water partition coefficient (Wildman–Crippen LogP) is 6.98. The van der Waals surface area contributed by atoms with Gasteiger partial charge in [0.15, 0.2) is 5.78 Å². The second-order valence-electron chi connectivity index (χ2n) is 21.7. The standard InChI is InChI=1S/C56H87NO14/c1-34-15-11-10-12-16-35(2)47(69-33-41-22-25-68-26-23-41)31-43-20-18-40(7)56(65,71-43)53(62)54(63)57-24-14-13-17-44(57)55(64)70-48(37(4)29-42-19-21-45(58)49(30-42)66-8)32-46(59)36(3)28-39(6)51(61)52(67-9)50(60)38(5)27-34/h10-12,15-16,28,34,36-38,40-45,47-49,51-52,58,61,65H,13-14,17-27,29-33H2,1-9H3/b12-10+,15-11+,35-16+,39-28+/t34-,36-,37-,38-,40-,42+,43+,44+,45-,47-,48+,49-,51-,52+,56-/m1/s1. The van der Waals surface area contributed by atoms with Crippen molar-refractivity contribution in [2.75, 3.05) is 40.6 Å². The molecule has 15 atom stereocenters. The molecule has 5 rings (SSSR count). The summed E-state index contributed by atoms with van der Waals surface area (Å²) >= 11 is 0. The highest BCUT2D eigenvalue weighted by Crippen LogP contribution is 2.38. The lowest BCUT2D eigenvalue weighted by Gasteiger charge is -2.43. The summed E-state index contributed by atoms with van der Waals surface area (Å²) in [7, 11) is 2.95. The van der Waals surface area contributed by atoms with Crippen LogP contribution in [-0.4, -0.2) is 145 Å². The fourth-order valence-electron chi connectivity index (χ4n) is 11.2. The van der Waals surface area contributed by atoms with Gasteiger partial charge < -0.3 is 48.6 Å². The number of fused-ring (bicyclic) bond motifs is 3. The monoisotopic (exact) mass is 998 g/mol. The summed E-state index contributed by atoms with van der Waals surface area (Å²) in [6, 6.07) is -1.15. The van der Waals surface area contributed by atoms with Crippen LogP contribution in [0.3, 0.4) is 0 Å². The van der Waals surface area contributed by atoms with Gasteiger partial charge in [0.05, 0.1) is 31.0 Å². The van der Waals surface area contributed by atoms with Crippen LogP contribution in [0.5, 0.6) is 0 Å². The lowest BCUT2D eigenvalue weighted by atomic mass is 9.78. The number of aliphatic hydroxyl groups is 3. The van der Waals surface area contributed by atoms with E-state index in [2.05, 4.69) is 0 Å². The van der Waals surface area contributed by atoms with Crippen LogP contribution in [0.1, 0.15) is 138 Å². The van der Waals surface area contributed by atoms with Crippen LogP contribution >= 0.6 is 0 Å². The fraction of sp³-hybridized carbons (Fsp3) is 0.768. The van der Waals surface area contributed by atoms with E-state index >= 15 is 0 Å². The fourth-order valence-corrected chi connectivity index (χ4v) is 11.2. The SMILES string of the molecule is CO[C@@H]1C[C@H](C[C@@H](C)[C@@H]2CC(=O)[C@H](C)/C=C(\C)[C@@H](O)[C@@H](OC)C(=O)[C@H](C)C[C@H](C)/C=C/C=C/C=C(\C)[C@H](OCC3CCOCC3)C[C@@H]3CC[C@@H](C)[C@@](O)(O3)C(=O)C(=O)N3CCCC[C@H]3C(=O)O2)CC[C@H]1O. The lowest BCUT2D eigenvalue weighted by Crippen LogP contribution is -2.61. The Balaban J connectivity index is 1.48. The van der Waals surface area contributed by atoms with E-state index < -0.39 is 83.9 Å². The first-order valence-corrected chi connectivity index (χ1v) is 26.6. The molecule has 15 nitrogen and oxygen atoms in total. The number of carbonyl (C=O) groups is 5. The lowest BCUT2D eigenvalue weighted by molar-refractivity contribution is -0.266. The quantitative estimate of drug-likeness (QED) is 0.128. The number of allylic oxidation sites excluding steroid dienone is 6. The molecule has 1 amide bonds. The van der Waals surface area contributed by atoms with Gasteiger partial charge in [0.25, 0.3) is 11.7 Å². The van der Waals surface area contributed by atoms with Crippen LogP contribution in [-0.2, 0) is 52.4 Å². The predicted molar refractivity (Wildman–Crippen MR) is 268 cm³/mol. The number of methoxy groups -OCH3 is 2. The number of aliphatic hydroxyl groups excluding tert-OH is 2. The van der Waals surface area contributed by atoms with E-state index in [0.717, 1.165) is 24.8 Å². The zero-order valence-electron chi connectivity index (χ0n) is 44.1. The van der Waals surface area contributed by atoms with E-state index in [4.69, 9.17) is 28.4 Å². The van der Waals surface area contributed by atoms with Gasteiger partial charge >= 0.3 is 5.97 Å². The highest BCUT2D eigenvalue weighted by atomic mass is 16.6. The first-order valence-electron chi connectivity index (χ1n) is 26.6. The summed E-state index contributed by atoms with van der Waals surface area (Å²) in [6.45, 7) is 14.7. The topological polar surface area (TPSA) is 205 Å². The molecule has 400 valence electrons. The van der Waals surface area contributed by atoms with Crippen LogP contribution < -0.4 is 0 Å². The Labute approximate surface area is 423 Å². The van der Waals surface area contributed by atoms with Crippen molar-refractivity contribution in [1.29, 1.82) is 0 Å². The highest BCUT2D eigenvalue weighted by Gasteiger charge is 2.53. The van der Waals surface area contributed by atoms with Gasteiger partial charge in [-0.1, -0.05) is 71.1 Å². The van der Waals surface area contributed by atoms with Crippen LogP contribution in [0.2, 0.25) is 0 Å². The molecule has 71 heavy (non-hydrogen) atoms. The molecule has 3 saturated heterocycles. The number of esters is 1. The van der Waals surface area contributed by atoms with Gasteiger partial charge in [0, 0.05) is 64.6 Å². The number of nitrogens with zero attached hydrogens (tertiary/aromatic N) is 1. The highest BCUT2D eigenvalue weighted by molar-refractivity contribution is 6.39. The molecule has 0 aromatic carbocycles. The molecule has 5 aliphatic rings. The summed E-state index contributed by atoms with van der Waals surface area (Å²) in [6.07, 6.45) is 13.0. The zero-order chi connectivity index (χ0) is 52.0. The van der Waals surface area contributed by atoms with Gasteiger partial charge in [-0.25, -0.2) is 4.79 Å². The molecular weight excluding hydrogens is 911 g/mol. The van der Waals surface area contributed by atoms with E-state index in [1.54, 1.807) is 34.0 Å². The number of hydrogen-bond donors (Lipinski definition) is 3. The molecule has 1 aliphatic carbocycles. The third-order valence-electron chi connectivity index (χ3n) is 16.1. The molecule has 2 bridgehead atoms. The van der Waals surface area contributed by atoms with Crippen molar-refractivity contribution in [2.24, 2.45) is 41.4 Å². The van der Waals surface area contributed by atoms with Crippen molar-refractivity contribution >= 4 is 29.2 Å². The van der Waals surface area contributed by atoms with Crippen molar-refractivity contribution in [1.82, 2.24) is 4.90 Å². The third kappa shape index (κ3) is 16.0.